The zero-order valence-electron chi connectivity index (χ0n) is 7.41. The summed E-state index contributed by atoms with van der Waals surface area (Å²) in [7, 11) is 1.63. The topological polar surface area (TPSA) is 53.7 Å². The van der Waals surface area contributed by atoms with E-state index in [9.17, 15) is 0 Å². The number of hydrogen-bond acceptors (Lipinski definition) is 3. The molecule has 0 saturated carbocycles. The molecule has 0 spiro atoms. The van der Waals surface area contributed by atoms with Crippen LogP contribution in [0, 0.1) is 16.0 Å². The first-order valence-electron chi connectivity index (χ1n) is 3.92. The molecule has 4 nitrogen and oxygen atoms in total. The van der Waals surface area contributed by atoms with Gasteiger partial charge in [-0.3, -0.25) is 9.78 Å². The third kappa shape index (κ3) is 2.68. The first-order chi connectivity index (χ1) is 6.27. The molecular formula is C8H11N3OS. The highest BCUT2D eigenvalue weighted by Crippen LogP contribution is 2.01. The zero-order valence-corrected chi connectivity index (χ0v) is 8.23. The van der Waals surface area contributed by atoms with Crippen molar-refractivity contribution in [2.24, 2.45) is 0 Å². The smallest absolute Gasteiger partial charge is 0.122 e. The number of H-pyrrole nitrogens is 1. The van der Waals surface area contributed by atoms with Gasteiger partial charge in [0.25, 0.3) is 0 Å². The highest BCUT2D eigenvalue weighted by molar-refractivity contribution is 7.71. The van der Waals surface area contributed by atoms with E-state index in [1.807, 2.05) is 6.07 Å². The van der Waals surface area contributed by atoms with Crippen LogP contribution in [-0.4, -0.2) is 16.9 Å². The molecule has 13 heavy (non-hydrogen) atoms. The lowest BCUT2D eigenvalue weighted by molar-refractivity contribution is 0.180. The molecule has 1 aromatic rings. The molecule has 0 aliphatic rings. The summed E-state index contributed by atoms with van der Waals surface area (Å²) in [5.74, 6) is 0. The SMILES string of the molecule is COCc1cc(=S)n(CCC#N)[nH]1. The second-order valence-corrected chi connectivity index (χ2v) is 3.03. The number of aromatic nitrogens is 2. The number of nitrogens with one attached hydrogen (secondary N) is 1. The number of ether oxygens (including phenoxy) is 1. The van der Waals surface area contributed by atoms with Crippen molar-refractivity contribution in [2.45, 2.75) is 19.6 Å². The monoisotopic (exact) mass is 197 g/mol. The fraction of sp³-hybridized carbons (Fsp3) is 0.500. The Kier molecular flexibility index (Phi) is 3.68. The lowest BCUT2D eigenvalue weighted by Gasteiger charge is -1.98. The molecule has 0 fully saturated rings. The maximum atomic E-state index is 8.39. The maximum absolute atomic E-state index is 8.39. The van der Waals surface area contributed by atoms with Crippen molar-refractivity contribution in [2.75, 3.05) is 7.11 Å². The van der Waals surface area contributed by atoms with E-state index in [0.717, 1.165) is 5.69 Å². The summed E-state index contributed by atoms with van der Waals surface area (Å²) < 4.78 is 7.43. The summed E-state index contributed by atoms with van der Waals surface area (Å²) >= 11 is 5.07. The quantitative estimate of drug-likeness (QED) is 0.746. The Bertz CT molecular complexity index is 360. The summed E-state index contributed by atoms with van der Waals surface area (Å²) in [6, 6.07) is 3.91. The molecule has 0 aliphatic carbocycles. The number of rotatable bonds is 4. The molecule has 0 saturated heterocycles. The van der Waals surface area contributed by atoms with Crippen LogP contribution in [0.2, 0.25) is 0 Å². The van der Waals surface area contributed by atoms with E-state index in [4.69, 9.17) is 22.2 Å². The van der Waals surface area contributed by atoms with E-state index in [2.05, 4.69) is 11.2 Å². The second kappa shape index (κ2) is 4.80. The highest BCUT2D eigenvalue weighted by Gasteiger charge is 1.98. The van der Waals surface area contributed by atoms with Crippen molar-refractivity contribution in [3.8, 4) is 6.07 Å². The molecule has 1 aromatic heterocycles. The van der Waals surface area contributed by atoms with E-state index in [0.29, 0.717) is 24.2 Å². The minimum Gasteiger partial charge on any atom is -0.378 e. The van der Waals surface area contributed by atoms with Gasteiger partial charge in [0.2, 0.25) is 0 Å². The zero-order chi connectivity index (χ0) is 9.68. The van der Waals surface area contributed by atoms with Gasteiger partial charge in [-0.1, -0.05) is 12.2 Å². The van der Waals surface area contributed by atoms with Crippen LogP contribution < -0.4 is 0 Å². The van der Waals surface area contributed by atoms with E-state index in [1.54, 1.807) is 11.8 Å². The normalized spacial score (nSPS) is 9.85. The molecule has 0 bridgehead atoms. The van der Waals surface area contributed by atoms with Crippen molar-refractivity contribution < 1.29 is 4.74 Å². The first-order valence-corrected chi connectivity index (χ1v) is 4.33. The minimum absolute atomic E-state index is 0.460. The van der Waals surface area contributed by atoms with Gasteiger partial charge in [0.15, 0.2) is 0 Å². The predicted octanol–water partition coefficient (Wildman–Crippen LogP) is 1.61. The van der Waals surface area contributed by atoms with Gasteiger partial charge < -0.3 is 4.74 Å². The number of hydrogen-bond donors (Lipinski definition) is 1. The standard InChI is InChI=1S/C8H11N3OS/c1-12-6-7-5-8(13)11(10-7)4-2-3-9/h5,10H,2,4,6H2,1H3. The summed E-state index contributed by atoms with van der Waals surface area (Å²) in [6.07, 6.45) is 0.460. The van der Waals surface area contributed by atoms with Crippen molar-refractivity contribution in [3.05, 3.63) is 16.4 Å². The van der Waals surface area contributed by atoms with Gasteiger partial charge in [-0.25, -0.2) is 0 Å². The number of nitrogens with zero attached hydrogens (tertiary/aromatic N) is 2. The second-order valence-electron chi connectivity index (χ2n) is 2.61. The summed E-state index contributed by atoms with van der Waals surface area (Å²) in [4.78, 5) is 0. The van der Waals surface area contributed by atoms with Crippen LogP contribution in [0.4, 0.5) is 0 Å². The van der Waals surface area contributed by atoms with Crippen LogP contribution in [0.3, 0.4) is 0 Å². The largest absolute Gasteiger partial charge is 0.378 e. The molecule has 0 atom stereocenters. The Morgan fingerprint density at radius 1 is 1.77 bits per heavy atom. The van der Waals surface area contributed by atoms with Gasteiger partial charge in [0.1, 0.15) is 4.64 Å². The minimum atomic E-state index is 0.460. The molecule has 70 valence electrons. The lowest BCUT2D eigenvalue weighted by Crippen LogP contribution is -2.00. The summed E-state index contributed by atoms with van der Waals surface area (Å²) in [5, 5.41) is 11.4. The Hall–Kier alpha value is -1.12. The fourth-order valence-electron chi connectivity index (χ4n) is 1.05. The van der Waals surface area contributed by atoms with Gasteiger partial charge >= 0.3 is 0 Å². The van der Waals surface area contributed by atoms with Crippen molar-refractivity contribution in [1.29, 1.82) is 5.26 Å². The highest BCUT2D eigenvalue weighted by atomic mass is 32.1. The fourth-order valence-corrected chi connectivity index (χ4v) is 1.32. The van der Waals surface area contributed by atoms with Gasteiger partial charge in [-0.15, -0.1) is 0 Å². The lowest BCUT2D eigenvalue weighted by atomic mass is 10.5. The maximum Gasteiger partial charge on any atom is 0.122 e. The van der Waals surface area contributed by atoms with Gasteiger partial charge in [-0.05, 0) is 6.07 Å². The molecule has 0 amide bonds. The number of methoxy groups -OCH3 is 1. The third-order valence-corrected chi connectivity index (χ3v) is 1.93. The average molecular weight is 197 g/mol. The van der Waals surface area contributed by atoms with Gasteiger partial charge in [0, 0.05) is 7.11 Å². The Morgan fingerprint density at radius 3 is 3.15 bits per heavy atom. The van der Waals surface area contributed by atoms with E-state index >= 15 is 0 Å². The Labute approximate surface area is 81.7 Å². The van der Waals surface area contributed by atoms with E-state index in [-0.39, 0.29) is 0 Å². The molecule has 5 heteroatoms. The summed E-state index contributed by atoms with van der Waals surface area (Å²) in [6.45, 7) is 1.13. The Morgan fingerprint density at radius 2 is 2.54 bits per heavy atom. The third-order valence-electron chi connectivity index (χ3n) is 1.59. The van der Waals surface area contributed by atoms with Crippen molar-refractivity contribution >= 4 is 12.2 Å². The summed E-state index contributed by atoms with van der Waals surface area (Å²) in [5.41, 5.74) is 0.936. The van der Waals surface area contributed by atoms with Crippen molar-refractivity contribution in [1.82, 2.24) is 9.78 Å². The van der Waals surface area contributed by atoms with Crippen LogP contribution in [0.25, 0.3) is 0 Å². The van der Waals surface area contributed by atoms with Crippen LogP contribution in [0.1, 0.15) is 12.1 Å². The molecule has 0 aromatic carbocycles. The van der Waals surface area contributed by atoms with Crippen molar-refractivity contribution in [3.63, 3.8) is 0 Å². The number of aryl methyl sites for hydroxylation is 1. The molecule has 1 N–H and O–H groups in total. The van der Waals surface area contributed by atoms with Crippen LogP contribution >= 0.6 is 12.2 Å². The average Bonchev–Trinajstić information content (AvgIpc) is 2.44. The molecule has 1 rings (SSSR count). The van der Waals surface area contributed by atoms with Crippen LogP contribution in [0.5, 0.6) is 0 Å². The van der Waals surface area contributed by atoms with Gasteiger partial charge in [0.05, 0.1) is 31.3 Å². The van der Waals surface area contributed by atoms with Crippen LogP contribution in [0.15, 0.2) is 6.07 Å². The molecule has 0 aliphatic heterocycles. The number of nitriles is 1. The molecule has 0 unspecified atom stereocenters. The first kappa shape index (κ1) is 9.96. The molecule has 1 heterocycles. The van der Waals surface area contributed by atoms with Gasteiger partial charge in [-0.2, -0.15) is 5.26 Å². The van der Waals surface area contributed by atoms with E-state index < -0.39 is 0 Å². The molecular weight excluding hydrogens is 186 g/mol. The molecule has 0 radical (unpaired) electrons. The number of aromatic amines is 1. The Balaban J connectivity index is 2.73. The predicted molar refractivity (Wildman–Crippen MR) is 50.6 cm³/mol. The van der Waals surface area contributed by atoms with E-state index in [1.165, 1.54) is 0 Å². The van der Waals surface area contributed by atoms with Crippen LogP contribution in [-0.2, 0) is 17.9 Å².